The molecule has 0 atom stereocenters. The van der Waals surface area contributed by atoms with Crippen molar-refractivity contribution in [2.24, 2.45) is 11.3 Å². The minimum absolute atomic E-state index is 0.191. The van der Waals surface area contributed by atoms with Gasteiger partial charge in [0.15, 0.2) is 0 Å². The molecule has 0 aromatic carbocycles. The van der Waals surface area contributed by atoms with Crippen molar-refractivity contribution in [1.29, 1.82) is 0 Å². The first-order chi connectivity index (χ1) is 4.99. The molecule has 64 valence electrons. The van der Waals surface area contributed by atoms with Crippen LogP contribution in [0.15, 0.2) is 0 Å². The van der Waals surface area contributed by atoms with E-state index in [1.807, 2.05) is 0 Å². The summed E-state index contributed by atoms with van der Waals surface area (Å²) in [4.78, 5) is 0. The van der Waals surface area contributed by atoms with E-state index in [1.54, 1.807) is 0 Å². The number of hydrogen-bond acceptors (Lipinski definition) is 2. The third-order valence-electron chi connectivity index (χ3n) is 2.84. The Labute approximate surface area is 71.3 Å². The van der Waals surface area contributed by atoms with E-state index >= 15 is 0 Å². The molecule has 11 heavy (non-hydrogen) atoms. The quantitative estimate of drug-likeness (QED) is 0.628. The summed E-state index contributed by atoms with van der Waals surface area (Å²) in [5.41, 5.74) is 0.590. The SMILES string of the molecule is O=S(=O)(Cl)CC1CC2(CC2)C1. The molecule has 0 aromatic heterocycles. The molecule has 0 unspecified atom stereocenters. The zero-order valence-corrected chi connectivity index (χ0v) is 7.79. The predicted molar refractivity (Wildman–Crippen MR) is 44.0 cm³/mol. The maximum absolute atomic E-state index is 10.6. The van der Waals surface area contributed by atoms with Gasteiger partial charge in [-0.1, -0.05) is 0 Å². The molecule has 2 fully saturated rings. The van der Waals surface area contributed by atoms with E-state index in [-0.39, 0.29) is 5.75 Å². The Bertz CT molecular complexity index is 258. The second kappa shape index (κ2) is 2.13. The molecule has 0 saturated heterocycles. The third kappa shape index (κ3) is 1.70. The Morgan fingerprint density at radius 1 is 1.36 bits per heavy atom. The highest BCUT2D eigenvalue weighted by molar-refractivity contribution is 8.13. The summed E-state index contributed by atoms with van der Waals surface area (Å²) in [5, 5.41) is 0. The third-order valence-corrected chi connectivity index (χ3v) is 4.08. The lowest BCUT2D eigenvalue weighted by molar-refractivity contribution is 0.190. The maximum atomic E-state index is 10.6. The van der Waals surface area contributed by atoms with E-state index < -0.39 is 9.05 Å². The largest absolute Gasteiger partial charge is 0.232 e. The number of hydrogen-bond donors (Lipinski definition) is 0. The van der Waals surface area contributed by atoms with Crippen LogP contribution in [0.25, 0.3) is 0 Å². The highest BCUT2D eigenvalue weighted by atomic mass is 35.7. The van der Waals surface area contributed by atoms with Gasteiger partial charge in [-0.2, -0.15) is 0 Å². The minimum atomic E-state index is -3.23. The van der Waals surface area contributed by atoms with E-state index in [9.17, 15) is 8.42 Å². The fourth-order valence-corrected chi connectivity index (χ4v) is 3.48. The maximum Gasteiger partial charge on any atom is 0.232 e. The van der Waals surface area contributed by atoms with Gasteiger partial charge < -0.3 is 0 Å². The Morgan fingerprint density at radius 2 is 1.91 bits per heavy atom. The fraction of sp³-hybridized carbons (Fsp3) is 1.00. The van der Waals surface area contributed by atoms with Crippen LogP contribution in [-0.4, -0.2) is 14.2 Å². The van der Waals surface area contributed by atoms with Crippen molar-refractivity contribution in [2.75, 3.05) is 5.75 Å². The van der Waals surface area contributed by atoms with Crippen LogP contribution in [0.2, 0.25) is 0 Å². The molecule has 0 aliphatic heterocycles. The first-order valence-electron chi connectivity index (χ1n) is 3.92. The highest BCUT2D eigenvalue weighted by Crippen LogP contribution is 2.63. The van der Waals surface area contributed by atoms with Gasteiger partial charge in [0.2, 0.25) is 9.05 Å². The van der Waals surface area contributed by atoms with Gasteiger partial charge >= 0.3 is 0 Å². The molecule has 2 aliphatic carbocycles. The Balaban J connectivity index is 1.83. The summed E-state index contributed by atoms with van der Waals surface area (Å²) in [5.74, 6) is 0.552. The van der Waals surface area contributed by atoms with Crippen molar-refractivity contribution in [2.45, 2.75) is 25.7 Å². The van der Waals surface area contributed by atoms with Gasteiger partial charge in [-0.3, -0.25) is 0 Å². The second-order valence-electron chi connectivity index (χ2n) is 3.98. The molecule has 0 bridgehead atoms. The van der Waals surface area contributed by atoms with E-state index in [2.05, 4.69) is 0 Å². The van der Waals surface area contributed by atoms with Crippen LogP contribution >= 0.6 is 10.7 Å². The molecule has 2 rings (SSSR count). The van der Waals surface area contributed by atoms with Crippen molar-refractivity contribution in [3.05, 3.63) is 0 Å². The van der Waals surface area contributed by atoms with Gasteiger partial charge in [-0.25, -0.2) is 8.42 Å². The lowest BCUT2D eigenvalue weighted by Crippen LogP contribution is -2.29. The molecular formula is C7H11ClO2S. The number of rotatable bonds is 2. The summed E-state index contributed by atoms with van der Waals surface area (Å²) in [6.07, 6.45) is 4.82. The molecule has 2 saturated carbocycles. The van der Waals surface area contributed by atoms with E-state index in [0.29, 0.717) is 11.3 Å². The van der Waals surface area contributed by atoms with Crippen LogP contribution in [0, 0.1) is 11.3 Å². The number of halogens is 1. The van der Waals surface area contributed by atoms with Gasteiger partial charge in [0, 0.05) is 10.7 Å². The van der Waals surface area contributed by atoms with Crippen molar-refractivity contribution in [3.8, 4) is 0 Å². The smallest absolute Gasteiger partial charge is 0.212 e. The van der Waals surface area contributed by atoms with Crippen LogP contribution < -0.4 is 0 Å². The zero-order valence-electron chi connectivity index (χ0n) is 6.22. The van der Waals surface area contributed by atoms with Crippen LogP contribution in [0.5, 0.6) is 0 Å². The summed E-state index contributed by atoms with van der Waals surface area (Å²) in [6, 6.07) is 0. The molecule has 4 heteroatoms. The van der Waals surface area contributed by atoms with Crippen LogP contribution in [-0.2, 0) is 9.05 Å². The summed E-state index contributed by atoms with van der Waals surface area (Å²) in [6.45, 7) is 0. The van der Waals surface area contributed by atoms with Crippen LogP contribution in [0.1, 0.15) is 25.7 Å². The molecule has 0 radical (unpaired) electrons. The lowest BCUT2D eigenvalue weighted by Gasteiger charge is -2.34. The Hall–Kier alpha value is 0.240. The summed E-state index contributed by atoms with van der Waals surface area (Å²) < 4.78 is 21.3. The minimum Gasteiger partial charge on any atom is -0.212 e. The van der Waals surface area contributed by atoms with Crippen molar-refractivity contribution < 1.29 is 8.42 Å². The van der Waals surface area contributed by atoms with E-state index in [1.165, 1.54) is 12.8 Å². The summed E-state index contributed by atoms with van der Waals surface area (Å²) >= 11 is 0. The van der Waals surface area contributed by atoms with Crippen molar-refractivity contribution >= 4 is 19.7 Å². The molecule has 2 aliphatic rings. The van der Waals surface area contributed by atoms with Crippen molar-refractivity contribution in [1.82, 2.24) is 0 Å². The Kier molecular flexibility index (Phi) is 1.53. The molecule has 2 nitrogen and oxygen atoms in total. The van der Waals surface area contributed by atoms with Gasteiger partial charge in [0.05, 0.1) is 5.75 Å². The van der Waals surface area contributed by atoms with Crippen LogP contribution in [0.4, 0.5) is 0 Å². The van der Waals surface area contributed by atoms with E-state index in [4.69, 9.17) is 10.7 Å². The fourth-order valence-electron chi connectivity index (χ4n) is 2.15. The molecular weight excluding hydrogens is 184 g/mol. The average molecular weight is 195 g/mol. The van der Waals surface area contributed by atoms with E-state index in [0.717, 1.165) is 12.8 Å². The van der Waals surface area contributed by atoms with Gasteiger partial charge in [0.1, 0.15) is 0 Å². The topological polar surface area (TPSA) is 34.1 Å². The first-order valence-corrected chi connectivity index (χ1v) is 6.39. The first kappa shape index (κ1) is 7.87. The zero-order chi connectivity index (χ0) is 8.11. The molecule has 0 aromatic rings. The predicted octanol–water partition coefficient (Wildman–Crippen LogP) is 1.75. The monoisotopic (exact) mass is 194 g/mol. The molecule has 0 N–H and O–H groups in total. The van der Waals surface area contributed by atoms with Crippen molar-refractivity contribution in [3.63, 3.8) is 0 Å². The molecule has 1 spiro atoms. The second-order valence-corrected chi connectivity index (χ2v) is 6.80. The van der Waals surface area contributed by atoms with Gasteiger partial charge in [0.25, 0.3) is 0 Å². The Morgan fingerprint density at radius 3 is 2.27 bits per heavy atom. The summed E-state index contributed by atoms with van der Waals surface area (Å²) in [7, 11) is 1.89. The highest BCUT2D eigenvalue weighted by Gasteiger charge is 2.53. The van der Waals surface area contributed by atoms with Gasteiger partial charge in [-0.05, 0) is 37.0 Å². The average Bonchev–Trinajstić information content (AvgIpc) is 2.38. The molecule has 0 heterocycles. The molecule has 0 amide bonds. The van der Waals surface area contributed by atoms with Gasteiger partial charge in [-0.15, -0.1) is 0 Å². The standard InChI is InChI=1S/C7H11ClO2S/c8-11(9,10)5-6-3-7(4-6)1-2-7/h6H,1-5H2. The normalized spacial score (nSPS) is 28.5. The lowest BCUT2D eigenvalue weighted by atomic mass is 9.73. The van der Waals surface area contributed by atoms with Crippen LogP contribution in [0.3, 0.4) is 0 Å².